The van der Waals surface area contributed by atoms with Gasteiger partial charge in [-0.25, -0.2) is 0 Å². The van der Waals surface area contributed by atoms with Crippen molar-refractivity contribution < 1.29 is 14.3 Å². The third kappa shape index (κ3) is 6.12. The number of unbranched alkanes of at least 4 members (excludes halogenated alkanes) is 2. The molecule has 1 atom stereocenters. The highest BCUT2D eigenvalue weighted by Crippen LogP contribution is 2.48. The molecule has 162 valence electrons. The molecule has 2 aromatic rings. The number of carbonyl (C=O) groups excluding carboxylic acids is 2. The topological polar surface area (TPSA) is 81.4 Å². The van der Waals surface area contributed by atoms with Gasteiger partial charge in [0.1, 0.15) is 12.4 Å². The normalized spacial score (nSPS) is 16.3. The molecular weight excluding hydrogens is 408 g/mol. The fraction of sp³-hybridized carbons (Fsp3) is 0.200. The summed E-state index contributed by atoms with van der Waals surface area (Å²) in [6.07, 6.45) is 11.3. The second-order valence-electron chi connectivity index (χ2n) is 7.05. The number of nitrogens with two attached hydrogens (primary N) is 1. The van der Waals surface area contributed by atoms with Crippen LogP contribution in [0.4, 0.5) is 0 Å². The molecular formula is C25H28N2O3S. The maximum atomic E-state index is 12.8. The minimum Gasteiger partial charge on any atom is -0.490 e. The van der Waals surface area contributed by atoms with E-state index < -0.39 is 16.8 Å². The van der Waals surface area contributed by atoms with Crippen molar-refractivity contribution in [3.8, 4) is 5.75 Å². The molecule has 0 saturated carbocycles. The smallest absolute Gasteiger partial charge is 0.256 e. The molecule has 1 aliphatic heterocycles. The summed E-state index contributed by atoms with van der Waals surface area (Å²) < 4.78 is 5.68. The van der Waals surface area contributed by atoms with Crippen molar-refractivity contribution in [1.29, 1.82) is 0 Å². The molecule has 1 heterocycles. The van der Waals surface area contributed by atoms with Gasteiger partial charge in [0.2, 0.25) is 5.91 Å². The zero-order chi connectivity index (χ0) is 22.1. The largest absolute Gasteiger partial charge is 0.490 e. The lowest BCUT2D eigenvalue weighted by molar-refractivity contribution is 0.0967. The second kappa shape index (κ2) is 11.2. The lowest BCUT2D eigenvalue weighted by Crippen LogP contribution is -2.22. The third-order valence-corrected chi connectivity index (χ3v) is 6.93. The summed E-state index contributed by atoms with van der Waals surface area (Å²) >= 11 is 0. The van der Waals surface area contributed by atoms with Crippen molar-refractivity contribution in [3.63, 3.8) is 0 Å². The number of nitrogens with one attached hydrogen (secondary N) is 1. The molecule has 1 unspecified atom stereocenters. The summed E-state index contributed by atoms with van der Waals surface area (Å²) in [5.74, 6) is 0.0426. The first-order chi connectivity index (χ1) is 15.1. The number of benzene rings is 2. The molecule has 0 radical (unpaired) electrons. The first-order valence-corrected chi connectivity index (χ1v) is 11.8. The van der Waals surface area contributed by atoms with Gasteiger partial charge >= 0.3 is 0 Å². The van der Waals surface area contributed by atoms with Crippen LogP contribution in [-0.4, -0.2) is 18.4 Å². The molecule has 0 fully saturated rings. The van der Waals surface area contributed by atoms with E-state index in [1.54, 1.807) is 36.4 Å². The Morgan fingerprint density at radius 2 is 1.87 bits per heavy atom. The lowest BCUT2D eigenvalue weighted by atomic mass is 10.2. The fourth-order valence-corrected chi connectivity index (χ4v) is 5.13. The van der Waals surface area contributed by atoms with Gasteiger partial charge in [0, 0.05) is 10.5 Å². The van der Waals surface area contributed by atoms with Crippen LogP contribution in [0.1, 0.15) is 46.9 Å². The highest BCUT2D eigenvalue weighted by molar-refractivity contribution is 8.23. The Labute approximate surface area is 186 Å². The Morgan fingerprint density at radius 1 is 1.10 bits per heavy atom. The van der Waals surface area contributed by atoms with Crippen LogP contribution < -0.4 is 15.8 Å². The molecule has 0 saturated heterocycles. The SMILES string of the molecule is CCCC/C=C/COc1ccc(C(=O)NC2=CC=C[SH]2c2ccccc2C(N)=O)cc1. The number of amides is 2. The summed E-state index contributed by atoms with van der Waals surface area (Å²) in [7, 11) is -0.985. The van der Waals surface area contributed by atoms with Crippen molar-refractivity contribution in [1.82, 2.24) is 5.32 Å². The van der Waals surface area contributed by atoms with Crippen LogP contribution in [0, 0.1) is 0 Å². The third-order valence-electron chi connectivity index (χ3n) is 4.77. The average Bonchev–Trinajstić information content (AvgIpc) is 3.24. The van der Waals surface area contributed by atoms with Gasteiger partial charge in [0.25, 0.3) is 5.91 Å². The molecule has 5 nitrogen and oxygen atoms in total. The van der Waals surface area contributed by atoms with E-state index in [0.29, 0.717) is 17.7 Å². The van der Waals surface area contributed by atoms with Crippen LogP contribution in [-0.2, 0) is 0 Å². The van der Waals surface area contributed by atoms with Crippen molar-refractivity contribution in [2.45, 2.75) is 31.1 Å². The van der Waals surface area contributed by atoms with Gasteiger partial charge in [0.15, 0.2) is 0 Å². The highest BCUT2D eigenvalue weighted by atomic mass is 32.2. The van der Waals surface area contributed by atoms with Gasteiger partial charge in [-0.2, -0.15) is 10.9 Å². The molecule has 1 aliphatic rings. The Kier molecular flexibility index (Phi) is 8.12. The standard InChI is InChI=1S/C25H28N2O3S/c1-2-3-4-5-8-17-30-20-15-13-19(14-16-20)25(29)27-23-12-9-18-31(23)22-11-7-6-10-21(22)24(26)28/h5-16,18,31H,2-4,17H2,1H3,(H2,26,28)(H,27,29)/b8-5+. The van der Waals surface area contributed by atoms with E-state index in [2.05, 4.69) is 18.3 Å². The van der Waals surface area contributed by atoms with Crippen LogP contribution in [0.3, 0.4) is 0 Å². The van der Waals surface area contributed by atoms with Gasteiger partial charge in [-0.1, -0.05) is 50.1 Å². The molecule has 3 N–H and O–H groups in total. The van der Waals surface area contributed by atoms with Crippen LogP contribution >= 0.6 is 10.9 Å². The second-order valence-corrected chi connectivity index (χ2v) is 9.05. The van der Waals surface area contributed by atoms with Gasteiger partial charge in [-0.3, -0.25) is 9.59 Å². The summed E-state index contributed by atoms with van der Waals surface area (Å²) in [6, 6.07) is 14.3. The van der Waals surface area contributed by atoms with Crippen LogP contribution in [0.15, 0.2) is 88.2 Å². The molecule has 2 aromatic carbocycles. The van der Waals surface area contributed by atoms with Crippen LogP contribution in [0.25, 0.3) is 0 Å². The summed E-state index contributed by atoms with van der Waals surface area (Å²) in [5.41, 5.74) is 6.54. The quantitative estimate of drug-likeness (QED) is 0.276. The minimum absolute atomic E-state index is 0.204. The highest BCUT2D eigenvalue weighted by Gasteiger charge is 2.20. The Balaban J connectivity index is 1.60. The molecule has 0 spiro atoms. The summed E-state index contributed by atoms with van der Waals surface area (Å²) in [5, 5.41) is 5.75. The molecule has 6 heteroatoms. The fourth-order valence-electron chi connectivity index (χ4n) is 3.13. The van der Waals surface area contributed by atoms with E-state index in [0.717, 1.165) is 22.1 Å². The number of ether oxygens (including phenoxy) is 1. The van der Waals surface area contributed by atoms with E-state index >= 15 is 0 Å². The van der Waals surface area contributed by atoms with Gasteiger partial charge in [-0.05, 0) is 54.3 Å². The number of thiol groups is 1. The minimum atomic E-state index is -0.985. The number of rotatable bonds is 10. The average molecular weight is 437 g/mol. The number of allylic oxidation sites excluding steroid dienone is 3. The van der Waals surface area contributed by atoms with Crippen molar-refractivity contribution >= 4 is 22.7 Å². The lowest BCUT2D eigenvalue weighted by Gasteiger charge is -2.21. The monoisotopic (exact) mass is 436 g/mol. The predicted molar refractivity (Wildman–Crippen MR) is 128 cm³/mol. The Morgan fingerprint density at radius 3 is 2.61 bits per heavy atom. The Bertz CT molecular complexity index is 1010. The molecule has 0 aromatic heterocycles. The van der Waals surface area contributed by atoms with Gasteiger partial charge < -0.3 is 15.8 Å². The van der Waals surface area contributed by atoms with Crippen molar-refractivity contribution in [3.05, 3.63) is 94.4 Å². The predicted octanol–water partition coefficient (Wildman–Crippen LogP) is 5.07. The molecule has 0 bridgehead atoms. The molecule has 2 amide bonds. The summed E-state index contributed by atoms with van der Waals surface area (Å²) in [6.45, 7) is 2.68. The van der Waals surface area contributed by atoms with Gasteiger partial charge in [0.05, 0.1) is 10.6 Å². The number of hydrogen-bond donors (Lipinski definition) is 3. The molecule has 3 rings (SSSR count). The first kappa shape index (κ1) is 22.4. The van der Waals surface area contributed by atoms with E-state index in [1.807, 2.05) is 35.8 Å². The maximum absolute atomic E-state index is 12.8. The van der Waals surface area contributed by atoms with E-state index in [1.165, 1.54) is 12.8 Å². The summed E-state index contributed by atoms with van der Waals surface area (Å²) in [4.78, 5) is 25.4. The molecule has 31 heavy (non-hydrogen) atoms. The van der Waals surface area contributed by atoms with E-state index in [4.69, 9.17) is 10.5 Å². The first-order valence-electron chi connectivity index (χ1n) is 10.4. The zero-order valence-electron chi connectivity index (χ0n) is 17.6. The van der Waals surface area contributed by atoms with Crippen LogP contribution in [0.2, 0.25) is 0 Å². The Hall–Kier alpha value is -3.25. The van der Waals surface area contributed by atoms with E-state index in [9.17, 15) is 9.59 Å². The number of primary amides is 1. The van der Waals surface area contributed by atoms with Crippen molar-refractivity contribution in [2.75, 3.05) is 6.61 Å². The number of hydrogen-bond acceptors (Lipinski definition) is 3. The van der Waals surface area contributed by atoms with Crippen molar-refractivity contribution in [2.24, 2.45) is 5.73 Å². The number of carbonyl (C=O) groups is 2. The zero-order valence-corrected chi connectivity index (χ0v) is 18.5. The molecule has 0 aliphatic carbocycles. The maximum Gasteiger partial charge on any atom is 0.256 e. The van der Waals surface area contributed by atoms with Gasteiger partial charge in [-0.15, -0.1) is 0 Å². The van der Waals surface area contributed by atoms with E-state index in [-0.39, 0.29) is 5.91 Å². The van der Waals surface area contributed by atoms with Crippen LogP contribution in [0.5, 0.6) is 5.75 Å².